The number of carbonyl (C=O) groups is 1. The van der Waals surface area contributed by atoms with Gasteiger partial charge in [-0.25, -0.2) is 0 Å². The number of nitrogens with zero attached hydrogens (tertiary/aromatic N) is 1. The van der Waals surface area contributed by atoms with Crippen molar-refractivity contribution in [2.24, 2.45) is 5.41 Å². The third-order valence-electron chi connectivity index (χ3n) is 6.21. The second kappa shape index (κ2) is 5.56. The van der Waals surface area contributed by atoms with Crippen molar-refractivity contribution in [3.8, 4) is 0 Å². The normalized spacial score (nSPS) is 29.4. The molecule has 0 N–H and O–H groups in total. The summed E-state index contributed by atoms with van der Waals surface area (Å²) in [7, 11) is 0. The fourth-order valence-corrected chi connectivity index (χ4v) is 8.70. The smallest absolute Gasteiger partial charge is 0.163 e. The number of carbonyl (C=O) groups excluding carboxylic acids is 1. The van der Waals surface area contributed by atoms with Crippen LogP contribution >= 0.6 is 23.5 Å². The molecule has 2 nitrogen and oxygen atoms in total. The van der Waals surface area contributed by atoms with Crippen molar-refractivity contribution in [3.05, 3.63) is 46.7 Å². The number of allylic oxidation sites excluding steroid dienone is 1. The van der Waals surface area contributed by atoms with Crippen molar-refractivity contribution >= 4 is 29.3 Å². The molecular formula is C21H25NOS2. The van der Waals surface area contributed by atoms with E-state index < -0.39 is 0 Å². The summed E-state index contributed by atoms with van der Waals surface area (Å²) in [6, 6.07) is 9.43. The summed E-state index contributed by atoms with van der Waals surface area (Å²) >= 11 is 4.09. The molecule has 5 rings (SSSR count). The molecule has 0 radical (unpaired) electrons. The molecule has 1 aliphatic carbocycles. The fraction of sp³-hybridized carbons (Fsp3) is 0.571. The molecule has 1 atom stereocenters. The molecule has 3 heterocycles. The van der Waals surface area contributed by atoms with Gasteiger partial charge in [0.2, 0.25) is 0 Å². The van der Waals surface area contributed by atoms with Gasteiger partial charge in [0, 0.05) is 42.2 Å². The van der Waals surface area contributed by atoms with E-state index in [0.717, 1.165) is 25.8 Å². The highest BCUT2D eigenvalue weighted by atomic mass is 32.2. The Labute approximate surface area is 158 Å². The molecule has 1 spiro atoms. The van der Waals surface area contributed by atoms with E-state index in [2.05, 4.69) is 43.0 Å². The lowest BCUT2D eigenvalue weighted by atomic mass is 9.71. The Morgan fingerprint density at radius 3 is 2.68 bits per heavy atom. The Morgan fingerprint density at radius 1 is 1.12 bits per heavy atom. The van der Waals surface area contributed by atoms with Gasteiger partial charge >= 0.3 is 0 Å². The maximum absolute atomic E-state index is 13.2. The SMILES string of the molecule is CC1(C)CC(=O)C2=C(C1)N1CCc3ccccc3[C@H]1CC21SCCS1. The quantitative estimate of drug-likeness (QED) is 0.652. The third kappa shape index (κ3) is 2.43. The lowest BCUT2D eigenvalue weighted by molar-refractivity contribution is -0.119. The van der Waals surface area contributed by atoms with Crippen LogP contribution in [0.25, 0.3) is 0 Å². The average molecular weight is 372 g/mol. The molecule has 3 aliphatic heterocycles. The van der Waals surface area contributed by atoms with Crippen LogP contribution in [0.2, 0.25) is 0 Å². The molecule has 1 saturated heterocycles. The van der Waals surface area contributed by atoms with E-state index in [1.54, 1.807) is 0 Å². The van der Waals surface area contributed by atoms with Crippen LogP contribution in [0.1, 0.15) is 50.3 Å². The zero-order chi connectivity index (χ0) is 17.2. The summed E-state index contributed by atoms with van der Waals surface area (Å²) in [6.07, 6.45) is 3.95. The molecule has 0 unspecified atom stereocenters. The molecule has 0 saturated carbocycles. The summed E-state index contributed by atoms with van der Waals surface area (Å²) in [5, 5.41) is 0. The van der Waals surface area contributed by atoms with Gasteiger partial charge in [-0.3, -0.25) is 4.79 Å². The second-order valence-electron chi connectivity index (χ2n) is 8.57. The average Bonchev–Trinajstić information content (AvgIpc) is 3.02. The van der Waals surface area contributed by atoms with Gasteiger partial charge < -0.3 is 4.90 Å². The third-order valence-corrected chi connectivity index (χ3v) is 9.66. The van der Waals surface area contributed by atoms with Crippen molar-refractivity contribution in [2.75, 3.05) is 18.1 Å². The van der Waals surface area contributed by atoms with Crippen molar-refractivity contribution in [2.45, 2.75) is 49.7 Å². The number of ketones is 1. The van der Waals surface area contributed by atoms with Gasteiger partial charge in [-0.2, -0.15) is 0 Å². The molecule has 1 aromatic carbocycles. The standard InChI is InChI=1S/C21H25NOS2/c1-20(2)11-17-19(18(23)13-20)21(24-9-10-25-21)12-16-15-6-4-3-5-14(15)7-8-22(16)17/h3-6,16H,7-13H2,1-2H3/t16-/m1/s1. The summed E-state index contributed by atoms with van der Waals surface area (Å²) in [6.45, 7) is 5.59. The Kier molecular flexibility index (Phi) is 3.63. The minimum absolute atomic E-state index is 0.00847. The molecule has 132 valence electrons. The van der Waals surface area contributed by atoms with E-state index >= 15 is 0 Å². The number of hydrogen-bond donors (Lipinski definition) is 0. The number of thioether (sulfide) groups is 2. The van der Waals surface area contributed by atoms with Crippen LogP contribution in [0.5, 0.6) is 0 Å². The zero-order valence-electron chi connectivity index (χ0n) is 15.0. The maximum Gasteiger partial charge on any atom is 0.163 e. The molecule has 0 aromatic heterocycles. The number of rotatable bonds is 0. The Bertz CT molecular complexity index is 776. The largest absolute Gasteiger partial charge is 0.367 e. The lowest BCUT2D eigenvalue weighted by Gasteiger charge is -2.53. The van der Waals surface area contributed by atoms with Crippen LogP contribution in [0.4, 0.5) is 0 Å². The zero-order valence-corrected chi connectivity index (χ0v) is 16.6. The number of hydrogen-bond acceptors (Lipinski definition) is 4. The van der Waals surface area contributed by atoms with Crippen LogP contribution in [0, 0.1) is 5.41 Å². The number of benzene rings is 1. The van der Waals surface area contributed by atoms with Crippen LogP contribution in [-0.2, 0) is 11.2 Å². The van der Waals surface area contributed by atoms with E-state index in [1.165, 1.54) is 33.9 Å². The predicted molar refractivity (Wildman–Crippen MR) is 107 cm³/mol. The summed E-state index contributed by atoms with van der Waals surface area (Å²) < 4.78 is 0.00847. The highest BCUT2D eigenvalue weighted by molar-refractivity contribution is 8.21. The van der Waals surface area contributed by atoms with Gasteiger partial charge in [0.15, 0.2) is 5.78 Å². The highest BCUT2D eigenvalue weighted by Gasteiger charge is 2.54. The molecule has 0 bridgehead atoms. The monoisotopic (exact) mass is 371 g/mol. The van der Waals surface area contributed by atoms with Crippen LogP contribution < -0.4 is 0 Å². The van der Waals surface area contributed by atoms with E-state index in [1.807, 2.05) is 23.5 Å². The first kappa shape index (κ1) is 16.3. The molecule has 25 heavy (non-hydrogen) atoms. The molecule has 0 amide bonds. The molecule has 1 fully saturated rings. The number of fused-ring (bicyclic) bond motifs is 5. The second-order valence-corrected chi connectivity index (χ2v) is 11.6. The highest BCUT2D eigenvalue weighted by Crippen LogP contribution is 2.62. The Balaban J connectivity index is 1.69. The number of Topliss-reactive ketones (excluding diaryl/α,β-unsaturated/α-hetero) is 1. The molecule has 4 heteroatoms. The van der Waals surface area contributed by atoms with Gasteiger partial charge in [0.25, 0.3) is 0 Å². The predicted octanol–water partition coefficient (Wildman–Crippen LogP) is 4.81. The Hall–Kier alpha value is -0.870. The van der Waals surface area contributed by atoms with Crippen LogP contribution in [-0.4, -0.2) is 32.8 Å². The lowest BCUT2D eigenvalue weighted by Crippen LogP contribution is -2.49. The van der Waals surface area contributed by atoms with Crippen LogP contribution in [0.3, 0.4) is 0 Å². The van der Waals surface area contributed by atoms with Crippen molar-refractivity contribution < 1.29 is 4.79 Å². The fourth-order valence-electron chi connectivity index (χ4n) is 5.23. The van der Waals surface area contributed by atoms with E-state index in [9.17, 15) is 4.79 Å². The Morgan fingerprint density at radius 2 is 1.88 bits per heavy atom. The first-order valence-corrected chi connectivity index (χ1v) is 11.4. The van der Waals surface area contributed by atoms with E-state index in [0.29, 0.717) is 18.2 Å². The minimum atomic E-state index is 0.00847. The van der Waals surface area contributed by atoms with Gasteiger partial charge in [0.1, 0.15) is 0 Å². The van der Waals surface area contributed by atoms with Gasteiger partial charge in [-0.05, 0) is 29.4 Å². The molecule has 4 aliphatic rings. The van der Waals surface area contributed by atoms with Gasteiger partial charge in [0.05, 0.1) is 10.1 Å². The summed E-state index contributed by atoms with van der Waals surface area (Å²) in [5.74, 6) is 2.77. The van der Waals surface area contributed by atoms with Crippen molar-refractivity contribution in [1.29, 1.82) is 0 Å². The minimum Gasteiger partial charge on any atom is -0.367 e. The molecule has 1 aromatic rings. The topological polar surface area (TPSA) is 20.3 Å². The van der Waals surface area contributed by atoms with Gasteiger partial charge in [-0.1, -0.05) is 38.1 Å². The summed E-state index contributed by atoms with van der Waals surface area (Å²) in [4.78, 5) is 15.8. The maximum atomic E-state index is 13.2. The van der Waals surface area contributed by atoms with Crippen molar-refractivity contribution in [3.63, 3.8) is 0 Å². The summed E-state index contributed by atoms with van der Waals surface area (Å²) in [5.41, 5.74) is 5.67. The van der Waals surface area contributed by atoms with E-state index in [4.69, 9.17) is 0 Å². The first-order chi connectivity index (χ1) is 12.0. The first-order valence-electron chi connectivity index (χ1n) is 9.38. The van der Waals surface area contributed by atoms with E-state index in [-0.39, 0.29) is 9.49 Å². The van der Waals surface area contributed by atoms with Crippen LogP contribution in [0.15, 0.2) is 35.5 Å². The van der Waals surface area contributed by atoms with Crippen molar-refractivity contribution in [1.82, 2.24) is 4.90 Å². The van der Waals surface area contributed by atoms with Gasteiger partial charge in [-0.15, -0.1) is 23.5 Å². The molecular weight excluding hydrogens is 346 g/mol.